The number of nitrogens with zero attached hydrogens (tertiary/aromatic N) is 1. The highest BCUT2D eigenvalue weighted by Gasteiger charge is 2.37. The molecule has 1 aromatic carbocycles. The van der Waals surface area contributed by atoms with Crippen LogP contribution >= 0.6 is 0 Å². The minimum absolute atomic E-state index is 0.0712. The molecular weight excluding hydrogens is 325 g/mol. The summed E-state index contributed by atoms with van der Waals surface area (Å²) < 4.78 is 39.5. The van der Waals surface area contributed by atoms with Crippen LogP contribution in [0.4, 0.5) is 4.39 Å². The van der Waals surface area contributed by atoms with Crippen molar-refractivity contribution in [2.45, 2.75) is 37.1 Å². The normalized spacial score (nSPS) is 19.1. The molecule has 0 saturated carbocycles. The maximum Gasteiger partial charge on any atom is 0.256 e. The third kappa shape index (κ3) is 4.05. The van der Waals surface area contributed by atoms with Crippen LogP contribution in [0.3, 0.4) is 0 Å². The Labute approximate surface area is 133 Å². The van der Waals surface area contributed by atoms with Crippen molar-refractivity contribution in [3.8, 4) is 0 Å². The lowest BCUT2D eigenvalue weighted by atomic mass is 10.0. The summed E-state index contributed by atoms with van der Waals surface area (Å²) >= 11 is 0. The van der Waals surface area contributed by atoms with Crippen molar-refractivity contribution in [3.63, 3.8) is 0 Å². The van der Waals surface area contributed by atoms with Gasteiger partial charge in [0.15, 0.2) is 0 Å². The largest absolute Gasteiger partial charge is 0.274 e. The van der Waals surface area contributed by atoms with E-state index in [1.807, 2.05) is 0 Å². The van der Waals surface area contributed by atoms with Crippen LogP contribution in [0.25, 0.3) is 0 Å². The first kappa shape index (κ1) is 17.4. The van der Waals surface area contributed by atoms with Crippen molar-refractivity contribution in [1.29, 1.82) is 0 Å². The average molecular weight is 343 g/mol. The Morgan fingerprint density at radius 1 is 1.17 bits per heavy atom. The molecule has 1 saturated heterocycles. The topological polar surface area (TPSA) is 95.6 Å². The molecule has 23 heavy (non-hydrogen) atoms. The van der Waals surface area contributed by atoms with E-state index in [1.165, 1.54) is 19.1 Å². The van der Waals surface area contributed by atoms with Crippen LogP contribution in [0, 0.1) is 5.82 Å². The van der Waals surface area contributed by atoms with Crippen molar-refractivity contribution in [1.82, 2.24) is 15.2 Å². The van der Waals surface area contributed by atoms with Gasteiger partial charge in [-0.2, -0.15) is 4.31 Å². The molecule has 0 aliphatic carbocycles. The SMILES string of the molecule is CC(=O)NNC(=O)[C@@H]1CCCCN1S(=O)(=O)c1ccc(F)cc1. The number of hydrazine groups is 1. The van der Waals surface area contributed by atoms with Gasteiger partial charge in [-0.1, -0.05) is 6.42 Å². The van der Waals surface area contributed by atoms with E-state index in [4.69, 9.17) is 0 Å². The third-order valence-corrected chi connectivity index (χ3v) is 5.46. The van der Waals surface area contributed by atoms with Crippen LogP contribution in [0.15, 0.2) is 29.2 Å². The lowest BCUT2D eigenvalue weighted by Crippen LogP contribution is -2.55. The fourth-order valence-electron chi connectivity index (χ4n) is 2.43. The Bertz CT molecular complexity index is 690. The van der Waals surface area contributed by atoms with Gasteiger partial charge in [-0.15, -0.1) is 0 Å². The maximum absolute atomic E-state index is 13.0. The Kier molecular flexibility index (Phi) is 5.32. The molecule has 7 nitrogen and oxygen atoms in total. The Hall–Kier alpha value is -2.00. The van der Waals surface area contributed by atoms with E-state index in [2.05, 4.69) is 10.9 Å². The fraction of sp³-hybridized carbons (Fsp3) is 0.429. The Balaban J connectivity index is 2.24. The second-order valence-corrected chi connectivity index (χ2v) is 7.14. The Morgan fingerprint density at radius 2 is 1.83 bits per heavy atom. The van der Waals surface area contributed by atoms with Crippen LogP contribution in [0.2, 0.25) is 0 Å². The van der Waals surface area contributed by atoms with Crippen LogP contribution in [0.1, 0.15) is 26.2 Å². The van der Waals surface area contributed by atoms with Gasteiger partial charge in [-0.3, -0.25) is 20.4 Å². The molecule has 0 aromatic heterocycles. The van der Waals surface area contributed by atoms with Crippen molar-refractivity contribution in [2.24, 2.45) is 0 Å². The molecule has 126 valence electrons. The average Bonchev–Trinajstić information content (AvgIpc) is 2.53. The van der Waals surface area contributed by atoms with Crippen molar-refractivity contribution in [2.75, 3.05) is 6.54 Å². The highest BCUT2D eigenvalue weighted by Crippen LogP contribution is 2.25. The summed E-state index contributed by atoms with van der Waals surface area (Å²) in [5.74, 6) is -1.59. The molecule has 0 radical (unpaired) electrons. The molecule has 1 aliphatic rings. The summed E-state index contributed by atoms with van der Waals surface area (Å²) in [6, 6.07) is 3.54. The van der Waals surface area contributed by atoms with Gasteiger partial charge in [0.25, 0.3) is 5.91 Å². The van der Waals surface area contributed by atoms with Crippen molar-refractivity contribution >= 4 is 21.8 Å². The first-order chi connectivity index (χ1) is 10.8. The quantitative estimate of drug-likeness (QED) is 0.783. The van der Waals surface area contributed by atoms with E-state index in [-0.39, 0.29) is 11.4 Å². The molecule has 1 aliphatic heterocycles. The molecule has 0 spiro atoms. The summed E-state index contributed by atoms with van der Waals surface area (Å²) in [4.78, 5) is 23.0. The predicted octanol–water partition coefficient (Wildman–Crippen LogP) is 0.536. The zero-order valence-corrected chi connectivity index (χ0v) is 13.4. The number of carbonyl (C=O) groups is 2. The third-order valence-electron chi connectivity index (χ3n) is 3.54. The van der Waals surface area contributed by atoms with Gasteiger partial charge in [0.1, 0.15) is 11.9 Å². The van der Waals surface area contributed by atoms with E-state index in [0.717, 1.165) is 16.4 Å². The molecule has 1 aromatic rings. The smallest absolute Gasteiger partial charge is 0.256 e. The molecule has 1 atom stereocenters. The highest BCUT2D eigenvalue weighted by atomic mass is 32.2. The zero-order valence-electron chi connectivity index (χ0n) is 12.6. The van der Waals surface area contributed by atoms with Crippen LogP contribution < -0.4 is 10.9 Å². The number of sulfonamides is 1. The van der Waals surface area contributed by atoms with Gasteiger partial charge in [0.2, 0.25) is 15.9 Å². The minimum Gasteiger partial charge on any atom is -0.274 e. The highest BCUT2D eigenvalue weighted by molar-refractivity contribution is 7.89. The summed E-state index contributed by atoms with van der Waals surface area (Å²) in [7, 11) is -3.92. The summed E-state index contributed by atoms with van der Waals surface area (Å²) in [6.07, 6.45) is 1.68. The number of amides is 2. The van der Waals surface area contributed by atoms with Gasteiger partial charge >= 0.3 is 0 Å². The lowest BCUT2D eigenvalue weighted by Gasteiger charge is -2.33. The molecule has 9 heteroatoms. The van der Waals surface area contributed by atoms with Crippen LogP contribution in [-0.4, -0.2) is 37.1 Å². The van der Waals surface area contributed by atoms with E-state index < -0.39 is 33.7 Å². The molecule has 0 unspecified atom stereocenters. The van der Waals surface area contributed by atoms with Gasteiger partial charge in [-0.05, 0) is 37.1 Å². The fourth-order valence-corrected chi connectivity index (χ4v) is 4.09. The number of nitrogens with one attached hydrogen (secondary N) is 2. The summed E-state index contributed by atoms with van der Waals surface area (Å²) in [6.45, 7) is 1.42. The van der Waals surface area contributed by atoms with Gasteiger partial charge in [-0.25, -0.2) is 12.8 Å². The van der Waals surface area contributed by atoms with Gasteiger partial charge in [0, 0.05) is 13.5 Å². The van der Waals surface area contributed by atoms with Crippen LogP contribution in [-0.2, 0) is 19.6 Å². The zero-order chi connectivity index (χ0) is 17.0. The predicted molar refractivity (Wildman–Crippen MR) is 79.9 cm³/mol. The lowest BCUT2D eigenvalue weighted by molar-refractivity contribution is -0.130. The summed E-state index contributed by atoms with van der Waals surface area (Å²) in [5, 5.41) is 0. The van der Waals surface area contributed by atoms with E-state index >= 15 is 0 Å². The second-order valence-electron chi connectivity index (χ2n) is 5.25. The first-order valence-electron chi connectivity index (χ1n) is 7.16. The van der Waals surface area contributed by atoms with E-state index in [1.54, 1.807) is 0 Å². The van der Waals surface area contributed by atoms with Crippen LogP contribution in [0.5, 0.6) is 0 Å². The number of benzene rings is 1. The van der Waals surface area contributed by atoms with Gasteiger partial charge < -0.3 is 0 Å². The van der Waals surface area contributed by atoms with E-state index in [9.17, 15) is 22.4 Å². The Morgan fingerprint density at radius 3 is 2.43 bits per heavy atom. The maximum atomic E-state index is 13.0. The molecule has 1 heterocycles. The number of rotatable bonds is 3. The number of halogens is 1. The molecular formula is C14H18FN3O4S. The molecule has 2 rings (SSSR count). The number of hydrogen-bond acceptors (Lipinski definition) is 4. The first-order valence-corrected chi connectivity index (χ1v) is 8.60. The second kappa shape index (κ2) is 7.05. The van der Waals surface area contributed by atoms with Crippen molar-refractivity contribution < 1.29 is 22.4 Å². The molecule has 2 amide bonds. The molecule has 0 bridgehead atoms. The monoisotopic (exact) mass is 343 g/mol. The van der Waals surface area contributed by atoms with Gasteiger partial charge in [0.05, 0.1) is 4.90 Å². The molecule has 2 N–H and O–H groups in total. The van der Waals surface area contributed by atoms with Crippen molar-refractivity contribution in [3.05, 3.63) is 30.1 Å². The molecule has 1 fully saturated rings. The standard InChI is InChI=1S/C14H18FN3O4S/c1-10(19)16-17-14(20)13-4-2-3-9-18(13)23(21,22)12-7-5-11(15)6-8-12/h5-8,13H,2-4,9H2,1H3,(H,16,19)(H,17,20)/t13-/m0/s1. The van der Waals surface area contributed by atoms with E-state index in [0.29, 0.717) is 19.3 Å². The minimum atomic E-state index is -3.92. The number of hydrogen-bond donors (Lipinski definition) is 2. The number of piperidine rings is 1. The summed E-state index contributed by atoms with van der Waals surface area (Å²) in [5.41, 5.74) is 4.36. The number of carbonyl (C=O) groups excluding carboxylic acids is 2.